The topological polar surface area (TPSA) is 29.9 Å². The summed E-state index contributed by atoms with van der Waals surface area (Å²) in [5, 5.41) is 9.17. The molecule has 0 aliphatic heterocycles. The van der Waals surface area contributed by atoms with Crippen molar-refractivity contribution in [3.05, 3.63) is 45.7 Å². The van der Waals surface area contributed by atoms with Crippen molar-refractivity contribution in [1.29, 1.82) is 0 Å². The Labute approximate surface area is 131 Å². The van der Waals surface area contributed by atoms with E-state index in [0.29, 0.717) is 12.1 Å². The van der Waals surface area contributed by atoms with E-state index in [1.54, 1.807) is 0 Å². The highest BCUT2D eigenvalue weighted by Crippen LogP contribution is 2.29. The van der Waals surface area contributed by atoms with Gasteiger partial charge in [-0.05, 0) is 63.8 Å². The van der Waals surface area contributed by atoms with Crippen molar-refractivity contribution in [2.24, 2.45) is 0 Å². The number of benzene rings is 1. The molecule has 0 saturated carbocycles. The van der Waals surface area contributed by atoms with Crippen LogP contribution >= 0.6 is 11.6 Å². The average molecular weight is 304 g/mol. The lowest BCUT2D eigenvalue weighted by Crippen LogP contribution is -2.20. The summed E-state index contributed by atoms with van der Waals surface area (Å²) in [7, 11) is 0. The molecule has 0 radical (unpaired) electrons. The standard InChI is InChI=1S/C17H22ClN3/c1-10(2)21-12(4)17(11(3)20-21)19-16-8-13-5-6-15(18)7-14(13)9-16/h5-7,10,16,19H,8-9H2,1-4H3. The van der Waals surface area contributed by atoms with Crippen molar-refractivity contribution in [3.63, 3.8) is 0 Å². The maximum atomic E-state index is 6.09. The molecular weight excluding hydrogens is 282 g/mol. The third-order valence-corrected chi connectivity index (χ3v) is 4.50. The van der Waals surface area contributed by atoms with Crippen LogP contribution in [0.4, 0.5) is 5.69 Å². The van der Waals surface area contributed by atoms with Gasteiger partial charge in [-0.3, -0.25) is 4.68 Å². The van der Waals surface area contributed by atoms with Gasteiger partial charge in [0.2, 0.25) is 0 Å². The van der Waals surface area contributed by atoms with Crippen molar-refractivity contribution in [3.8, 4) is 0 Å². The number of nitrogens with zero attached hydrogens (tertiary/aromatic N) is 2. The highest BCUT2D eigenvalue weighted by Gasteiger charge is 2.24. The number of aryl methyl sites for hydroxylation is 1. The van der Waals surface area contributed by atoms with E-state index in [1.165, 1.54) is 22.5 Å². The van der Waals surface area contributed by atoms with Gasteiger partial charge in [-0.25, -0.2) is 0 Å². The van der Waals surface area contributed by atoms with Crippen LogP contribution in [-0.4, -0.2) is 15.8 Å². The van der Waals surface area contributed by atoms with Gasteiger partial charge in [-0.2, -0.15) is 5.10 Å². The molecule has 1 aliphatic rings. The molecule has 1 aromatic carbocycles. The summed E-state index contributed by atoms with van der Waals surface area (Å²) in [6.07, 6.45) is 2.08. The molecule has 1 heterocycles. The van der Waals surface area contributed by atoms with E-state index in [9.17, 15) is 0 Å². The summed E-state index contributed by atoms with van der Waals surface area (Å²) in [5.74, 6) is 0. The quantitative estimate of drug-likeness (QED) is 0.915. The third-order valence-electron chi connectivity index (χ3n) is 4.26. The summed E-state index contributed by atoms with van der Waals surface area (Å²) in [6.45, 7) is 8.54. The molecule has 21 heavy (non-hydrogen) atoms. The molecule has 0 saturated heterocycles. The summed E-state index contributed by atoms with van der Waals surface area (Å²) in [5.41, 5.74) is 6.26. The largest absolute Gasteiger partial charge is 0.379 e. The van der Waals surface area contributed by atoms with Gasteiger partial charge in [0.05, 0.1) is 17.1 Å². The van der Waals surface area contributed by atoms with Crippen molar-refractivity contribution >= 4 is 17.3 Å². The first-order valence-corrected chi connectivity index (χ1v) is 7.93. The zero-order valence-electron chi connectivity index (χ0n) is 13.1. The first-order chi connectivity index (χ1) is 9.95. The Morgan fingerprint density at radius 2 is 1.95 bits per heavy atom. The second-order valence-electron chi connectivity index (χ2n) is 6.25. The van der Waals surface area contributed by atoms with Crippen LogP contribution in [-0.2, 0) is 12.8 Å². The smallest absolute Gasteiger partial charge is 0.0828 e. The molecule has 0 fully saturated rings. The van der Waals surface area contributed by atoms with Crippen molar-refractivity contribution in [2.75, 3.05) is 5.32 Å². The van der Waals surface area contributed by atoms with Gasteiger partial charge in [-0.1, -0.05) is 17.7 Å². The van der Waals surface area contributed by atoms with E-state index in [0.717, 1.165) is 23.6 Å². The van der Waals surface area contributed by atoms with Gasteiger partial charge >= 0.3 is 0 Å². The molecule has 2 aromatic rings. The molecule has 0 bridgehead atoms. The minimum atomic E-state index is 0.388. The van der Waals surface area contributed by atoms with Crippen LogP contribution in [0.3, 0.4) is 0 Å². The predicted octanol–water partition coefficient (Wildman–Crippen LogP) is 4.31. The van der Waals surface area contributed by atoms with Crippen LogP contribution in [0.15, 0.2) is 18.2 Å². The maximum Gasteiger partial charge on any atom is 0.0828 e. The van der Waals surface area contributed by atoms with E-state index in [4.69, 9.17) is 11.6 Å². The summed E-state index contributed by atoms with van der Waals surface area (Å²) < 4.78 is 2.09. The molecule has 3 nitrogen and oxygen atoms in total. The molecule has 1 aromatic heterocycles. The first-order valence-electron chi connectivity index (χ1n) is 7.55. The highest BCUT2D eigenvalue weighted by molar-refractivity contribution is 6.30. The highest BCUT2D eigenvalue weighted by atomic mass is 35.5. The van der Waals surface area contributed by atoms with Crippen molar-refractivity contribution in [1.82, 2.24) is 9.78 Å². The molecule has 1 N–H and O–H groups in total. The Morgan fingerprint density at radius 3 is 2.62 bits per heavy atom. The van der Waals surface area contributed by atoms with Crippen molar-refractivity contribution in [2.45, 2.75) is 52.6 Å². The zero-order valence-corrected chi connectivity index (χ0v) is 13.8. The number of halogens is 1. The number of aromatic nitrogens is 2. The predicted molar refractivity (Wildman–Crippen MR) is 88.4 cm³/mol. The third kappa shape index (κ3) is 2.67. The van der Waals surface area contributed by atoms with Crippen LogP contribution in [0.25, 0.3) is 0 Å². The summed E-state index contributed by atoms with van der Waals surface area (Å²) >= 11 is 6.09. The Hall–Kier alpha value is -1.48. The number of hydrogen-bond acceptors (Lipinski definition) is 2. The fourth-order valence-electron chi connectivity index (χ4n) is 3.27. The minimum absolute atomic E-state index is 0.388. The second-order valence-corrected chi connectivity index (χ2v) is 6.68. The van der Waals surface area contributed by atoms with Crippen LogP contribution in [0.2, 0.25) is 5.02 Å². The Bertz CT molecular complexity index is 673. The van der Waals surface area contributed by atoms with Crippen LogP contribution < -0.4 is 5.32 Å². The summed E-state index contributed by atoms with van der Waals surface area (Å²) in [6, 6.07) is 7.04. The normalized spacial score (nSPS) is 17.3. The molecule has 4 heteroatoms. The fourth-order valence-corrected chi connectivity index (χ4v) is 3.46. The van der Waals surface area contributed by atoms with Gasteiger partial charge in [0.1, 0.15) is 0 Å². The Kier molecular flexibility index (Phi) is 3.70. The zero-order chi connectivity index (χ0) is 15.1. The maximum absolute atomic E-state index is 6.09. The van der Waals surface area contributed by atoms with E-state index in [1.807, 2.05) is 6.07 Å². The second kappa shape index (κ2) is 5.38. The lowest BCUT2D eigenvalue weighted by atomic mass is 10.1. The molecule has 112 valence electrons. The Balaban J connectivity index is 1.80. The monoisotopic (exact) mass is 303 g/mol. The first kappa shape index (κ1) is 14.5. The number of rotatable bonds is 3. The molecule has 3 rings (SSSR count). The van der Waals surface area contributed by atoms with Crippen molar-refractivity contribution < 1.29 is 0 Å². The Morgan fingerprint density at radius 1 is 1.24 bits per heavy atom. The van der Waals surface area contributed by atoms with Crippen LogP contribution in [0, 0.1) is 13.8 Å². The van der Waals surface area contributed by atoms with Crippen LogP contribution in [0.5, 0.6) is 0 Å². The minimum Gasteiger partial charge on any atom is -0.379 e. The number of nitrogens with one attached hydrogen (secondary N) is 1. The molecular formula is C17H22ClN3. The van der Waals surface area contributed by atoms with Gasteiger partial charge < -0.3 is 5.32 Å². The van der Waals surface area contributed by atoms with E-state index >= 15 is 0 Å². The van der Waals surface area contributed by atoms with E-state index < -0.39 is 0 Å². The van der Waals surface area contributed by atoms with Gasteiger partial charge in [0.25, 0.3) is 0 Å². The van der Waals surface area contributed by atoms with Crippen LogP contribution in [0.1, 0.15) is 42.4 Å². The lowest BCUT2D eigenvalue weighted by Gasteiger charge is -2.15. The molecule has 1 aliphatic carbocycles. The lowest BCUT2D eigenvalue weighted by molar-refractivity contribution is 0.516. The number of fused-ring (bicyclic) bond motifs is 1. The van der Waals surface area contributed by atoms with Gasteiger partial charge in [0, 0.05) is 17.1 Å². The molecule has 0 amide bonds. The number of anilines is 1. The molecule has 1 unspecified atom stereocenters. The van der Waals surface area contributed by atoms with Gasteiger partial charge in [-0.15, -0.1) is 0 Å². The molecule has 1 atom stereocenters. The SMILES string of the molecule is Cc1nn(C(C)C)c(C)c1NC1Cc2ccc(Cl)cc2C1. The van der Waals surface area contributed by atoms with E-state index in [-0.39, 0.29) is 0 Å². The molecule has 0 spiro atoms. The fraction of sp³-hybridized carbons (Fsp3) is 0.471. The summed E-state index contributed by atoms with van der Waals surface area (Å²) in [4.78, 5) is 0. The van der Waals surface area contributed by atoms with E-state index in [2.05, 4.69) is 54.9 Å². The number of hydrogen-bond donors (Lipinski definition) is 1. The van der Waals surface area contributed by atoms with Gasteiger partial charge in [0.15, 0.2) is 0 Å². The average Bonchev–Trinajstić information content (AvgIpc) is 2.93.